The van der Waals surface area contributed by atoms with Crippen molar-refractivity contribution in [3.63, 3.8) is 0 Å². The Balaban J connectivity index is 0.786. The number of H-pyrrole nitrogens is 1. The summed E-state index contributed by atoms with van der Waals surface area (Å²) in [4.78, 5) is 115. The number of fused-ring (bicyclic) bond motifs is 4. The first kappa shape index (κ1) is 56.5. The number of carbonyl (C=O) groups excluding carboxylic acids is 7. The predicted octanol–water partition coefficient (Wildman–Crippen LogP) is 5.15. The van der Waals surface area contributed by atoms with E-state index in [0.29, 0.717) is 84.9 Å². The molecule has 0 fully saturated rings. The number of rotatable bonds is 28. The molecule has 6 rings (SSSR count). The zero-order valence-corrected chi connectivity index (χ0v) is 43.5. The fourth-order valence-corrected chi connectivity index (χ4v) is 10.5. The fraction of sp³-hybridized carbons (Fsp3) is 0.420. The molecule has 21 nitrogen and oxygen atoms in total. The lowest BCUT2D eigenvalue weighted by molar-refractivity contribution is -0.125. The van der Waals surface area contributed by atoms with Crippen molar-refractivity contribution < 1.29 is 43.0 Å². The van der Waals surface area contributed by atoms with E-state index in [4.69, 9.17) is 26.8 Å². The monoisotopic (exact) mass is 1070 g/mol. The van der Waals surface area contributed by atoms with Crippen LogP contribution < -0.4 is 47.5 Å². The molecule has 0 spiro atoms. The average Bonchev–Trinajstić information content (AvgIpc) is 3.77. The molecule has 0 bridgehead atoms. The average molecular weight is 1070 g/mol. The van der Waals surface area contributed by atoms with Crippen molar-refractivity contribution in [1.29, 1.82) is 0 Å². The van der Waals surface area contributed by atoms with E-state index in [1.807, 2.05) is 31.2 Å². The zero-order chi connectivity index (χ0) is 53.1. The fourth-order valence-electron chi connectivity index (χ4n) is 8.06. The number of aromatic amines is 1. The van der Waals surface area contributed by atoms with Gasteiger partial charge in [0, 0.05) is 84.4 Å². The first-order valence-electron chi connectivity index (χ1n) is 24.0. The lowest BCUT2D eigenvalue weighted by Crippen LogP contribution is -2.39. The number of nitrogens with one attached hydrogen (secondary N) is 6. The highest BCUT2D eigenvalue weighted by Gasteiger charge is 2.33. The summed E-state index contributed by atoms with van der Waals surface area (Å²) in [5.41, 5.74) is 8.31. The first-order valence-corrected chi connectivity index (χ1v) is 27.1. The quantitative estimate of drug-likeness (QED) is 0.00851. The molecule has 1 aliphatic rings. The third kappa shape index (κ3) is 16.3. The topological polar surface area (TPSA) is 299 Å². The summed E-state index contributed by atoms with van der Waals surface area (Å²) in [6, 6.07) is 13.9. The number of nitrogens with zero attached hydrogens (tertiary/aromatic N) is 4. The molecule has 74 heavy (non-hydrogen) atoms. The number of carbonyl (C=O) groups is 7. The zero-order valence-electron chi connectivity index (χ0n) is 41.2. The number of hydrogen-bond acceptors (Lipinski definition) is 18. The van der Waals surface area contributed by atoms with Crippen molar-refractivity contribution in [3.05, 3.63) is 88.0 Å². The van der Waals surface area contributed by atoms with Crippen LogP contribution in [0.5, 0.6) is 5.75 Å². The van der Waals surface area contributed by atoms with E-state index in [-0.39, 0.29) is 85.2 Å². The summed E-state index contributed by atoms with van der Waals surface area (Å²) >= 11 is 6.27. The second-order valence-electron chi connectivity index (χ2n) is 17.6. The minimum Gasteiger partial charge on any atom is -0.433 e. The van der Waals surface area contributed by atoms with Gasteiger partial charge in [0.05, 0.1) is 36.2 Å². The Hall–Kier alpha value is -6.82. The van der Waals surface area contributed by atoms with Crippen molar-refractivity contribution in [2.75, 3.05) is 53.0 Å². The van der Waals surface area contributed by atoms with Crippen molar-refractivity contribution in [3.8, 4) is 5.75 Å². The maximum absolute atomic E-state index is 12.9. The molecule has 0 saturated carbocycles. The molecule has 0 radical (unpaired) electrons. The van der Waals surface area contributed by atoms with E-state index in [1.54, 1.807) is 63.7 Å². The third-order valence-corrected chi connectivity index (χ3v) is 14.8. The van der Waals surface area contributed by atoms with Crippen LogP contribution in [-0.4, -0.2) is 124 Å². The Morgan fingerprint density at radius 1 is 0.919 bits per heavy atom. The van der Waals surface area contributed by atoms with E-state index in [0.717, 1.165) is 22.1 Å². The van der Waals surface area contributed by atoms with Crippen LogP contribution in [-0.2, 0) is 35.3 Å². The number of hydrogen-bond donors (Lipinski definition) is 7. The van der Waals surface area contributed by atoms with Gasteiger partial charge in [-0.25, -0.2) is 14.8 Å². The maximum Gasteiger partial charge on any atom is 0.513 e. The molecule has 1 aliphatic heterocycles. The van der Waals surface area contributed by atoms with Gasteiger partial charge in [-0.2, -0.15) is 4.98 Å². The number of ether oxygens (including phenoxy) is 2. The van der Waals surface area contributed by atoms with Crippen LogP contribution in [0, 0.1) is 0 Å². The largest absolute Gasteiger partial charge is 0.513 e. The molecule has 0 aliphatic carbocycles. The summed E-state index contributed by atoms with van der Waals surface area (Å²) in [7, 11) is 3.18. The van der Waals surface area contributed by atoms with E-state index < -0.39 is 29.7 Å². The van der Waals surface area contributed by atoms with Crippen LogP contribution in [0.1, 0.15) is 86.8 Å². The molecule has 0 saturated heterocycles. The Morgan fingerprint density at radius 2 is 1.64 bits per heavy atom. The Morgan fingerprint density at radius 3 is 2.36 bits per heavy atom. The van der Waals surface area contributed by atoms with E-state index in [1.165, 1.54) is 13.1 Å². The number of aldehydes is 2. The maximum atomic E-state index is 12.9. The lowest BCUT2D eigenvalue weighted by Gasteiger charge is -2.17. The highest BCUT2D eigenvalue weighted by Crippen LogP contribution is 2.45. The summed E-state index contributed by atoms with van der Waals surface area (Å²) in [5, 5.41) is 16.3. The molecule has 3 heterocycles. The van der Waals surface area contributed by atoms with Crippen LogP contribution in [0.3, 0.4) is 0 Å². The van der Waals surface area contributed by atoms with Crippen molar-refractivity contribution in [1.82, 2.24) is 41.2 Å². The number of nitrogen functional groups attached to an aromatic ring is 1. The highest BCUT2D eigenvalue weighted by atomic mass is 35.5. The summed E-state index contributed by atoms with van der Waals surface area (Å²) in [6.45, 7) is 6.75. The molecule has 24 heteroatoms. The van der Waals surface area contributed by atoms with Gasteiger partial charge in [0.25, 0.3) is 11.5 Å². The van der Waals surface area contributed by atoms with Crippen molar-refractivity contribution in [2.45, 2.75) is 95.9 Å². The number of halogens is 1. The van der Waals surface area contributed by atoms with Gasteiger partial charge in [-0.3, -0.25) is 29.0 Å². The number of aromatic nitrogens is 4. The van der Waals surface area contributed by atoms with Crippen LogP contribution in [0.4, 0.5) is 22.1 Å². The van der Waals surface area contributed by atoms with Gasteiger partial charge in [-0.1, -0.05) is 45.9 Å². The minimum absolute atomic E-state index is 0.0350. The van der Waals surface area contributed by atoms with E-state index >= 15 is 0 Å². The SMILES string of the molecule is CC(=O)N1CC(CCl)c2c1cc(OC(=O)OCCSSCC(C)NCCCC(C=O)NC(=O)CCC(C)NC(=O)CCC(C=O)NC(=O)c1ccc(NCc3cnc4nc(N)[nH]c(=O)c4n3)cc1)c1ccccc21. The predicted molar refractivity (Wildman–Crippen MR) is 287 cm³/mol. The molecule has 4 amide bonds. The Kier molecular flexibility index (Phi) is 21.4. The van der Waals surface area contributed by atoms with E-state index in [2.05, 4.69) is 46.5 Å². The lowest BCUT2D eigenvalue weighted by atomic mass is 9.95. The van der Waals surface area contributed by atoms with Gasteiger partial charge >= 0.3 is 6.16 Å². The van der Waals surface area contributed by atoms with Gasteiger partial charge in [0.15, 0.2) is 11.2 Å². The van der Waals surface area contributed by atoms with Crippen LogP contribution in [0.25, 0.3) is 21.9 Å². The molecule has 5 aromatic rings. The Labute approximate surface area is 439 Å². The molecular formula is C50H60ClN11O10S2. The van der Waals surface area contributed by atoms with Gasteiger partial charge in [-0.05, 0) is 81.3 Å². The molecular weight excluding hydrogens is 1010 g/mol. The van der Waals surface area contributed by atoms with Crippen LogP contribution in [0.15, 0.2) is 65.6 Å². The van der Waals surface area contributed by atoms with Crippen LogP contribution >= 0.6 is 33.2 Å². The minimum atomic E-state index is -0.916. The standard InChI is InChI=1S/C50H60ClN11O10S2/c1-29(56-42(66)17-15-36(27-64)59-47(68)32-11-13-34(14-12-32)54-23-37-24-55-46-45(58-37)48(69)61-49(52)60-46)10-16-43(67)57-35(26-63)7-6-18-53-30(2)28-74-73-20-19-71-50(70)72-41-21-40-44(39-9-5-4-8-38(39)41)33(22-51)25-62(40)31(3)65/h4-5,8-9,11-14,21,24,26-27,29-30,33,35-36,53-54H,6-7,10,15-20,22-23,25,28H2,1-3H3,(H,56,66)(H,57,67)(H,59,68)(H3,52,55,60,61,69). The number of nitrogens with two attached hydrogens (primary N) is 1. The van der Waals surface area contributed by atoms with Gasteiger partial charge in [-0.15, -0.1) is 11.6 Å². The molecule has 2 aromatic heterocycles. The number of amides is 4. The van der Waals surface area contributed by atoms with Gasteiger partial charge in [0.1, 0.15) is 24.9 Å². The van der Waals surface area contributed by atoms with Crippen LogP contribution in [0.2, 0.25) is 0 Å². The number of alkyl halides is 1. The van der Waals surface area contributed by atoms with Crippen molar-refractivity contribution >= 4 is 115 Å². The summed E-state index contributed by atoms with van der Waals surface area (Å²) in [6.07, 6.45) is 3.43. The molecule has 8 N–H and O–H groups in total. The van der Waals surface area contributed by atoms with Gasteiger partial charge in [0.2, 0.25) is 23.7 Å². The molecule has 5 unspecified atom stereocenters. The second-order valence-corrected chi connectivity index (χ2v) is 20.6. The highest BCUT2D eigenvalue weighted by molar-refractivity contribution is 8.76. The first-order chi connectivity index (χ1) is 35.6. The summed E-state index contributed by atoms with van der Waals surface area (Å²) in [5.74, 6) is 0.595. The Bertz CT molecular complexity index is 2860. The second kappa shape index (κ2) is 28.0. The summed E-state index contributed by atoms with van der Waals surface area (Å²) < 4.78 is 11.0. The smallest absolute Gasteiger partial charge is 0.433 e. The van der Waals surface area contributed by atoms with E-state index in [9.17, 15) is 38.4 Å². The molecule has 3 aromatic carbocycles. The van der Waals surface area contributed by atoms with Gasteiger partial charge < -0.3 is 56.3 Å². The normalized spacial score (nSPS) is 14.5. The molecule has 5 atom stereocenters. The third-order valence-electron chi connectivity index (χ3n) is 11.9. The molecule has 394 valence electrons. The number of anilines is 3. The van der Waals surface area contributed by atoms with Crippen molar-refractivity contribution in [2.24, 2.45) is 0 Å². The number of benzene rings is 3.